The number of hydrogen-bond acceptors (Lipinski definition) is 5. The zero-order chi connectivity index (χ0) is 31.9. The Morgan fingerprint density at radius 1 is 0.800 bits per heavy atom. The minimum atomic E-state index is -0.966. The maximum absolute atomic E-state index is 14.3. The van der Waals surface area contributed by atoms with Crippen molar-refractivity contribution in [2.24, 2.45) is 5.41 Å². The van der Waals surface area contributed by atoms with E-state index in [9.17, 15) is 24.0 Å². The van der Waals surface area contributed by atoms with Gasteiger partial charge in [0.25, 0.3) is 5.56 Å². The van der Waals surface area contributed by atoms with Crippen molar-refractivity contribution in [3.8, 4) is 0 Å². The van der Waals surface area contributed by atoms with Crippen LogP contribution in [0.3, 0.4) is 0 Å². The maximum Gasteiger partial charge on any atom is 0.328 e. The predicted molar refractivity (Wildman–Crippen MR) is 174 cm³/mol. The summed E-state index contributed by atoms with van der Waals surface area (Å²) in [6.45, 7) is 1.23. The first-order valence-electron chi connectivity index (χ1n) is 17.0. The van der Waals surface area contributed by atoms with Crippen LogP contribution in [-0.2, 0) is 27.5 Å². The van der Waals surface area contributed by atoms with Gasteiger partial charge in [0.15, 0.2) is 0 Å². The van der Waals surface area contributed by atoms with Crippen molar-refractivity contribution in [2.75, 3.05) is 13.1 Å². The standard InChI is InChI=1S/C35H51N5O5/c41-30-18-23-39(34(45)38-30)27-29(33(44)37-26-28-16-10-9-11-17-28)40-22-15-8-6-4-2-1-3-5-7-14-21-36-31(42)24-35(25-32(40)43)19-12-13-20-35/h9-11,16-18,23,29H,1-8,12-15,19-22,24-27H2,(H,36,42)(H,37,44)(H,38,41,45). The number of amides is 3. The van der Waals surface area contributed by atoms with Gasteiger partial charge in [0, 0.05) is 44.7 Å². The Balaban J connectivity index is 1.61. The molecule has 45 heavy (non-hydrogen) atoms. The smallest absolute Gasteiger partial charge is 0.328 e. The van der Waals surface area contributed by atoms with Gasteiger partial charge in [0.05, 0.1) is 6.54 Å². The number of aromatic nitrogens is 2. The highest BCUT2D eigenvalue weighted by Gasteiger charge is 2.41. The fraction of sp³-hybridized carbons (Fsp3) is 0.629. The van der Waals surface area contributed by atoms with E-state index in [0.29, 0.717) is 19.5 Å². The zero-order valence-corrected chi connectivity index (χ0v) is 26.7. The van der Waals surface area contributed by atoms with Crippen LogP contribution in [0.5, 0.6) is 0 Å². The van der Waals surface area contributed by atoms with E-state index >= 15 is 0 Å². The maximum atomic E-state index is 14.3. The summed E-state index contributed by atoms with van der Waals surface area (Å²) in [4.78, 5) is 69.7. The van der Waals surface area contributed by atoms with Crippen LogP contribution < -0.4 is 21.9 Å². The van der Waals surface area contributed by atoms with Crippen LogP contribution in [0.1, 0.15) is 108 Å². The number of hydrogen-bond donors (Lipinski definition) is 3. The van der Waals surface area contributed by atoms with Crippen molar-refractivity contribution in [1.29, 1.82) is 0 Å². The lowest BCUT2D eigenvalue weighted by molar-refractivity contribution is -0.143. The second-order valence-corrected chi connectivity index (χ2v) is 13.0. The van der Waals surface area contributed by atoms with Gasteiger partial charge in [-0.1, -0.05) is 94.5 Å². The molecule has 2 fully saturated rings. The van der Waals surface area contributed by atoms with Gasteiger partial charge >= 0.3 is 5.69 Å². The van der Waals surface area contributed by atoms with Crippen molar-refractivity contribution >= 4 is 17.7 Å². The molecule has 1 aliphatic heterocycles. The Morgan fingerprint density at radius 2 is 1.44 bits per heavy atom. The topological polar surface area (TPSA) is 133 Å². The normalized spacial score (nSPS) is 20.0. The zero-order valence-electron chi connectivity index (χ0n) is 26.7. The average Bonchev–Trinajstić information content (AvgIpc) is 3.47. The van der Waals surface area contributed by atoms with Crippen molar-refractivity contribution in [3.05, 3.63) is 69.0 Å². The molecule has 246 valence electrons. The summed E-state index contributed by atoms with van der Waals surface area (Å²) in [7, 11) is 0. The van der Waals surface area contributed by atoms with Gasteiger partial charge < -0.3 is 15.5 Å². The lowest BCUT2D eigenvalue weighted by atomic mass is 9.78. The molecule has 2 heterocycles. The fourth-order valence-corrected chi connectivity index (χ4v) is 6.87. The summed E-state index contributed by atoms with van der Waals surface area (Å²) in [5.41, 5.74) is -0.672. The molecule has 10 heteroatoms. The first-order chi connectivity index (χ1) is 21.8. The van der Waals surface area contributed by atoms with E-state index in [1.807, 2.05) is 30.3 Å². The molecule has 1 aromatic heterocycles. The minimum absolute atomic E-state index is 0.00823. The highest BCUT2D eigenvalue weighted by Crippen LogP contribution is 2.44. The first-order valence-corrected chi connectivity index (χ1v) is 17.0. The number of carbonyl (C=O) groups is 3. The van der Waals surface area contributed by atoms with E-state index in [-0.39, 0.29) is 37.2 Å². The number of aromatic amines is 1. The van der Waals surface area contributed by atoms with Gasteiger partial charge in [-0.25, -0.2) is 4.79 Å². The van der Waals surface area contributed by atoms with Crippen LogP contribution >= 0.6 is 0 Å². The number of rotatable bonds is 6. The second-order valence-electron chi connectivity index (χ2n) is 13.0. The molecular weight excluding hydrogens is 570 g/mol. The first kappa shape index (κ1) is 34.2. The molecule has 1 spiro atoms. The summed E-state index contributed by atoms with van der Waals surface area (Å²) in [5.74, 6) is -0.534. The molecule has 4 rings (SSSR count). The van der Waals surface area contributed by atoms with E-state index in [1.54, 1.807) is 4.90 Å². The summed E-state index contributed by atoms with van der Waals surface area (Å²) >= 11 is 0. The molecule has 1 atom stereocenters. The van der Waals surface area contributed by atoms with Gasteiger partial charge in [-0.15, -0.1) is 0 Å². The molecular formula is C35H51N5O5. The number of H-pyrrole nitrogens is 1. The van der Waals surface area contributed by atoms with Crippen molar-refractivity contribution in [3.63, 3.8) is 0 Å². The molecule has 1 aliphatic carbocycles. The Labute approximate surface area is 266 Å². The van der Waals surface area contributed by atoms with Gasteiger partial charge in [-0.3, -0.25) is 28.7 Å². The molecule has 1 saturated carbocycles. The minimum Gasteiger partial charge on any atom is -0.356 e. The van der Waals surface area contributed by atoms with E-state index in [2.05, 4.69) is 15.6 Å². The molecule has 2 aromatic rings. The van der Waals surface area contributed by atoms with Gasteiger partial charge in [-0.05, 0) is 36.7 Å². The molecule has 3 amide bonds. The van der Waals surface area contributed by atoms with Gasteiger partial charge in [0.1, 0.15) is 6.04 Å². The molecule has 2 aliphatic rings. The monoisotopic (exact) mass is 621 g/mol. The molecule has 1 unspecified atom stereocenters. The van der Waals surface area contributed by atoms with Crippen LogP contribution in [0.25, 0.3) is 0 Å². The third-order valence-corrected chi connectivity index (χ3v) is 9.45. The highest BCUT2D eigenvalue weighted by atomic mass is 16.2. The fourth-order valence-electron chi connectivity index (χ4n) is 6.87. The molecule has 1 saturated heterocycles. The molecule has 10 nitrogen and oxygen atoms in total. The number of benzene rings is 1. The Bertz CT molecular complexity index is 1350. The van der Waals surface area contributed by atoms with E-state index < -0.39 is 22.7 Å². The third-order valence-electron chi connectivity index (χ3n) is 9.45. The van der Waals surface area contributed by atoms with E-state index in [1.165, 1.54) is 42.5 Å². The Kier molecular flexibility index (Phi) is 13.5. The number of nitrogens with zero attached hydrogens (tertiary/aromatic N) is 2. The second kappa shape index (κ2) is 17.7. The molecule has 3 N–H and O–H groups in total. The summed E-state index contributed by atoms with van der Waals surface area (Å²) in [6, 6.07) is 9.82. The van der Waals surface area contributed by atoms with Crippen LogP contribution in [-0.4, -0.2) is 51.3 Å². The van der Waals surface area contributed by atoms with Crippen LogP contribution in [0.2, 0.25) is 0 Å². The van der Waals surface area contributed by atoms with E-state index in [4.69, 9.17) is 0 Å². The summed E-state index contributed by atoms with van der Waals surface area (Å²) < 4.78 is 1.29. The predicted octanol–water partition coefficient (Wildman–Crippen LogP) is 4.42. The SMILES string of the molecule is O=C1CC2(CCCC2)CC(=O)N(C(Cn2ccc(=O)[nH]c2=O)C(=O)NCc2ccccc2)CCCCCCCCCCCCN1. The van der Waals surface area contributed by atoms with Crippen molar-refractivity contribution in [2.45, 2.75) is 122 Å². The van der Waals surface area contributed by atoms with Gasteiger partial charge in [-0.2, -0.15) is 0 Å². The van der Waals surface area contributed by atoms with Crippen LogP contribution in [0.15, 0.2) is 52.2 Å². The average molecular weight is 622 g/mol. The van der Waals surface area contributed by atoms with Crippen molar-refractivity contribution < 1.29 is 14.4 Å². The summed E-state index contributed by atoms with van der Waals surface area (Å²) in [5, 5.41) is 6.09. The van der Waals surface area contributed by atoms with E-state index in [0.717, 1.165) is 69.8 Å². The van der Waals surface area contributed by atoms with Crippen molar-refractivity contribution in [1.82, 2.24) is 25.1 Å². The lowest BCUT2D eigenvalue weighted by Gasteiger charge is -2.35. The van der Waals surface area contributed by atoms with Crippen LogP contribution in [0, 0.1) is 5.41 Å². The lowest BCUT2D eigenvalue weighted by Crippen LogP contribution is -2.54. The van der Waals surface area contributed by atoms with Gasteiger partial charge in [0.2, 0.25) is 17.7 Å². The highest BCUT2D eigenvalue weighted by molar-refractivity contribution is 5.88. The molecule has 1 aromatic carbocycles. The largest absolute Gasteiger partial charge is 0.356 e. The quantitative estimate of drug-likeness (QED) is 0.439. The number of carbonyl (C=O) groups excluding carboxylic acids is 3. The molecule has 0 radical (unpaired) electrons. The number of nitrogens with one attached hydrogen (secondary N) is 3. The third kappa shape index (κ3) is 11.0. The molecule has 0 bridgehead atoms. The Hall–Kier alpha value is -3.69. The summed E-state index contributed by atoms with van der Waals surface area (Å²) in [6.07, 6.45) is 16.1. The van der Waals surface area contributed by atoms with Crippen LogP contribution in [0.4, 0.5) is 0 Å². The Morgan fingerprint density at radius 3 is 2.11 bits per heavy atom.